The Bertz CT molecular complexity index is 984. The van der Waals surface area contributed by atoms with E-state index in [2.05, 4.69) is 23.1 Å². The van der Waals surface area contributed by atoms with Crippen LogP contribution in [0.5, 0.6) is 0 Å². The molecule has 0 saturated heterocycles. The van der Waals surface area contributed by atoms with Crippen LogP contribution in [0.1, 0.15) is 30.4 Å². The average molecular weight is 517 g/mol. The molecule has 146 valence electrons. The van der Waals surface area contributed by atoms with Crippen molar-refractivity contribution in [2.45, 2.75) is 24.7 Å². The molecule has 2 aromatic rings. The second kappa shape index (κ2) is 7.88. The Balaban J connectivity index is 0.00000192. The summed E-state index contributed by atoms with van der Waals surface area (Å²) in [5.41, 5.74) is 3.79. The Labute approximate surface area is 194 Å². The van der Waals surface area contributed by atoms with E-state index in [9.17, 15) is 0 Å². The third-order valence-corrected chi connectivity index (χ3v) is 7.88. The number of fused-ring (bicyclic) bond motifs is 1. The molecule has 0 amide bonds. The first kappa shape index (κ1) is 20.6. The van der Waals surface area contributed by atoms with Gasteiger partial charge in [-0.05, 0) is 60.0 Å². The van der Waals surface area contributed by atoms with E-state index >= 15 is 0 Å². The lowest BCUT2D eigenvalue weighted by molar-refractivity contribution is 0.254. The standard InChI is InChI=1S/C21H17Cl3N2S.BrH/c22-15-5-2-13(3-6-15)18-19(26-11-10-25-20(26)27-18)21(8-1-9-21)14-4-7-16(23)17(24)12-14;/h2-7,12H,1,8-11H2;1H. The molecule has 1 fully saturated rings. The summed E-state index contributed by atoms with van der Waals surface area (Å²) in [7, 11) is 0. The van der Waals surface area contributed by atoms with Crippen molar-refractivity contribution in [3.05, 3.63) is 74.4 Å². The van der Waals surface area contributed by atoms with Gasteiger partial charge >= 0.3 is 0 Å². The molecule has 0 bridgehead atoms. The quantitative estimate of drug-likeness (QED) is 0.421. The van der Waals surface area contributed by atoms with Crippen molar-refractivity contribution in [3.8, 4) is 0 Å². The zero-order valence-electron chi connectivity index (χ0n) is 14.9. The van der Waals surface area contributed by atoms with Crippen LogP contribution in [0.3, 0.4) is 0 Å². The Morgan fingerprint density at radius 2 is 1.71 bits per heavy atom. The maximum atomic E-state index is 6.38. The molecule has 2 aliphatic heterocycles. The van der Waals surface area contributed by atoms with E-state index in [1.807, 2.05) is 24.3 Å². The Morgan fingerprint density at radius 1 is 0.964 bits per heavy atom. The van der Waals surface area contributed by atoms with Crippen LogP contribution in [0, 0.1) is 0 Å². The van der Waals surface area contributed by atoms with Gasteiger partial charge in [0.25, 0.3) is 0 Å². The molecular weight excluding hydrogens is 499 g/mol. The molecule has 7 heteroatoms. The third kappa shape index (κ3) is 3.22. The lowest BCUT2D eigenvalue weighted by Crippen LogP contribution is -2.43. The highest BCUT2D eigenvalue weighted by atomic mass is 79.9. The SMILES string of the molecule is Br.Clc1ccc(C2=C(C3(c4ccc(Cl)c(Cl)c4)CCC3)N3CCN=C3S2)cc1. The fraction of sp³-hybridized carbons (Fsp3) is 0.286. The van der Waals surface area contributed by atoms with Crippen molar-refractivity contribution in [2.75, 3.05) is 13.1 Å². The van der Waals surface area contributed by atoms with Gasteiger partial charge in [0.1, 0.15) is 0 Å². The molecule has 1 saturated carbocycles. The zero-order chi connectivity index (χ0) is 18.6. The minimum Gasteiger partial charge on any atom is -0.321 e. The van der Waals surface area contributed by atoms with Crippen LogP contribution in [0.25, 0.3) is 4.91 Å². The van der Waals surface area contributed by atoms with E-state index in [1.54, 1.807) is 11.8 Å². The van der Waals surface area contributed by atoms with Crippen LogP contribution >= 0.6 is 63.5 Å². The van der Waals surface area contributed by atoms with Gasteiger partial charge in [-0.1, -0.05) is 59.4 Å². The molecular formula is C21H18BrCl3N2S. The Kier molecular flexibility index (Phi) is 5.80. The minimum atomic E-state index is -0.0300. The van der Waals surface area contributed by atoms with Crippen LogP contribution in [-0.4, -0.2) is 23.2 Å². The maximum absolute atomic E-state index is 6.38. The molecule has 2 heterocycles. The predicted octanol–water partition coefficient (Wildman–Crippen LogP) is 7.43. The summed E-state index contributed by atoms with van der Waals surface area (Å²) in [6.45, 7) is 1.80. The second-order valence-electron chi connectivity index (χ2n) is 7.17. The molecule has 0 spiro atoms. The number of nitrogens with zero attached hydrogens (tertiary/aromatic N) is 2. The van der Waals surface area contributed by atoms with E-state index < -0.39 is 0 Å². The predicted molar refractivity (Wildman–Crippen MR) is 127 cm³/mol. The lowest BCUT2D eigenvalue weighted by Gasteiger charge is -2.46. The molecule has 2 nitrogen and oxygen atoms in total. The van der Waals surface area contributed by atoms with Gasteiger partial charge in [-0.2, -0.15) is 0 Å². The van der Waals surface area contributed by atoms with Gasteiger partial charge in [0.05, 0.1) is 16.6 Å². The van der Waals surface area contributed by atoms with E-state index in [4.69, 9.17) is 39.8 Å². The number of hydrogen-bond acceptors (Lipinski definition) is 3. The van der Waals surface area contributed by atoms with Gasteiger partial charge in [0.15, 0.2) is 5.17 Å². The molecule has 3 aliphatic rings. The number of benzene rings is 2. The Hall–Kier alpha value is -0.650. The molecule has 28 heavy (non-hydrogen) atoms. The maximum Gasteiger partial charge on any atom is 0.168 e. The Morgan fingerprint density at radius 3 is 2.36 bits per heavy atom. The number of halogens is 4. The monoisotopic (exact) mass is 514 g/mol. The molecule has 0 unspecified atom stereocenters. The molecule has 0 aromatic heterocycles. The number of amidine groups is 1. The zero-order valence-corrected chi connectivity index (χ0v) is 19.7. The van der Waals surface area contributed by atoms with Gasteiger partial charge in [-0.15, -0.1) is 17.0 Å². The molecule has 5 rings (SSSR count). The number of aliphatic imine (C=N–C) groups is 1. The smallest absolute Gasteiger partial charge is 0.168 e. The number of hydrogen-bond donors (Lipinski definition) is 0. The van der Waals surface area contributed by atoms with Crippen molar-refractivity contribution >= 4 is 73.6 Å². The van der Waals surface area contributed by atoms with E-state index in [1.165, 1.54) is 28.1 Å². The summed E-state index contributed by atoms with van der Waals surface area (Å²) in [4.78, 5) is 8.43. The summed E-state index contributed by atoms with van der Waals surface area (Å²) < 4.78 is 0. The van der Waals surface area contributed by atoms with Crippen molar-refractivity contribution in [1.82, 2.24) is 4.90 Å². The van der Waals surface area contributed by atoms with Gasteiger partial charge in [-0.25, -0.2) is 0 Å². The highest BCUT2D eigenvalue weighted by Gasteiger charge is 2.50. The normalized spacial score (nSPS) is 19.8. The molecule has 2 aromatic carbocycles. The molecule has 0 radical (unpaired) electrons. The average Bonchev–Trinajstić information content (AvgIpc) is 3.20. The van der Waals surface area contributed by atoms with E-state index in [-0.39, 0.29) is 22.4 Å². The highest BCUT2D eigenvalue weighted by molar-refractivity contribution is 8.93. The van der Waals surface area contributed by atoms with Gasteiger partial charge in [-0.3, -0.25) is 4.99 Å². The fourth-order valence-corrected chi connectivity index (χ4v) is 5.95. The first-order chi connectivity index (χ1) is 13.1. The largest absolute Gasteiger partial charge is 0.321 e. The van der Waals surface area contributed by atoms with E-state index in [0.29, 0.717) is 10.0 Å². The van der Waals surface area contributed by atoms with Gasteiger partial charge in [0.2, 0.25) is 0 Å². The first-order valence-electron chi connectivity index (χ1n) is 9.04. The summed E-state index contributed by atoms with van der Waals surface area (Å²) in [6, 6.07) is 14.2. The lowest BCUT2D eigenvalue weighted by atomic mass is 9.61. The summed E-state index contributed by atoms with van der Waals surface area (Å²) in [6.07, 6.45) is 3.44. The molecule has 1 aliphatic carbocycles. The minimum absolute atomic E-state index is 0. The summed E-state index contributed by atoms with van der Waals surface area (Å²) in [5.74, 6) is 0. The number of thioether (sulfide) groups is 1. The number of rotatable bonds is 3. The van der Waals surface area contributed by atoms with Crippen LogP contribution in [0.15, 0.2) is 53.2 Å². The van der Waals surface area contributed by atoms with Crippen LogP contribution in [0.2, 0.25) is 15.1 Å². The van der Waals surface area contributed by atoms with Gasteiger partial charge < -0.3 is 4.90 Å². The van der Waals surface area contributed by atoms with Crippen LogP contribution in [0.4, 0.5) is 0 Å². The van der Waals surface area contributed by atoms with Crippen molar-refractivity contribution in [3.63, 3.8) is 0 Å². The van der Waals surface area contributed by atoms with Crippen molar-refractivity contribution < 1.29 is 0 Å². The summed E-state index contributed by atoms with van der Waals surface area (Å²) in [5, 5.41) is 3.09. The van der Waals surface area contributed by atoms with Crippen molar-refractivity contribution in [2.24, 2.45) is 4.99 Å². The second-order valence-corrected chi connectivity index (χ2v) is 9.40. The summed E-state index contributed by atoms with van der Waals surface area (Å²) >= 11 is 20.5. The topological polar surface area (TPSA) is 15.6 Å². The van der Waals surface area contributed by atoms with E-state index in [0.717, 1.165) is 36.1 Å². The third-order valence-electron chi connectivity index (χ3n) is 5.72. The van der Waals surface area contributed by atoms with Crippen LogP contribution in [-0.2, 0) is 5.41 Å². The molecule has 0 atom stereocenters. The van der Waals surface area contributed by atoms with Gasteiger partial charge in [0, 0.05) is 27.6 Å². The molecule has 0 N–H and O–H groups in total. The number of allylic oxidation sites excluding steroid dienone is 1. The highest BCUT2D eigenvalue weighted by Crippen LogP contribution is 2.58. The van der Waals surface area contributed by atoms with Crippen LogP contribution < -0.4 is 0 Å². The first-order valence-corrected chi connectivity index (χ1v) is 11.0. The fourth-order valence-electron chi connectivity index (χ4n) is 4.24. The van der Waals surface area contributed by atoms with Crippen molar-refractivity contribution in [1.29, 1.82) is 0 Å².